The third-order valence-electron chi connectivity index (χ3n) is 5.28. The summed E-state index contributed by atoms with van der Waals surface area (Å²) >= 11 is 2.38. The molecule has 0 saturated heterocycles. The zero-order valence-electron chi connectivity index (χ0n) is 20.0. The van der Waals surface area contributed by atoms with Crippen LogP contribution in [0.3, 0.4) is 0 Å². The maximum absolute atomic E-state index is 13.4. The Labute approximate surface area is 221 Å². The maximum Gasteiger partial charge on any atom is 0.348 e. The smallest absolute Gasteiger partial charge is 0.348 e. The minimum atomic E-state index is -0.519. The lowest BCUT2D eigenvalue weighted by Crippen LogP contribution is -2.12. The average molecular weight is 536 g/mol. The number of aromatic nitrogens is 3. The summed E-state index contributed by atoms with van der Waals surface area (Å²) in [6, 6.07) is 17.6. The van der Waals surface area contributed by atoms with Crippen LogP contribution in [-0.4, -0.2) is 39.0 Å². The highest BCUT2D eigenvalue weighted by molar-refractivity contribution is 7.99. The summed E-state index contributed by atoms with van der Waals surface area (Å²) in [5, 5.41) is 21.8. The van der Waals surface area contributed by atoms with Crippen LogP contribution in [0.4, 0.5) is 9.39 Å². The summed E-state index contributed by atoms with van der Waals surface area (Å²) in [6.45, 7) is 3.57. The number of carbonyl (C=O) groups is 2. The first-order chi connectivity index (χ1) is 17.9. The molecule has 0 aliphatic heterocycles. The van der Waals surface area contributed by atoms with Crippen molar-refractivity contribution in [3.63, 3.8) is 0 Å². The topological polar surface area (TPSA) is 110 Å². The molecule has 2 aromatic carbocycles. The van der Waals surface area contributed by atoms with E-state index in [9.17, 15) is 19.2 Å². The van der Waals surface area contributed by atoms with Gasteiger partial charge in [0.2, 0.25) is 5.91 Å². The van der Waals surface area contributed by atoms with Crippen LogP contribution < -0.4 is 5.32 Å². The van der Waals surface area contributed by atoms with Gasteiger partial charge >= 0.3 is 5.97 Å². The number of rotatable bonds is 9. The van der Waals surface area contributed by atoms with E-state index < -0.39 is 5.97 Å². The highest BCUT2D eigenvalue weighted by atomic mass is 32.2. The summed E-state index contributed by atoms with van der Waals surface area (Å²) < 4.78 is 20.3. The molecule has 0 unspecified atom stereocenters. The highest BCUT2D eigenvalue weighted by Gasteiger charge is 2.22. The average Bonchev–Trinajstić information content (AvgIpc) is 3.45. The second-order valence-corrected chi connectivity index (χ2v) is 9.81. The van der Waals surface area contributed by atoms with Gasteiger partial charge in [0.05, 0.1) is 12.2 Å². The van der Waals surface area contributed by atoms with Crippen LogP contribution in [0.5, 0.6) is 0 Å². The number of thioether (sulfide) groups is 1. The number of nitrogens with zero attached hydrogens (tertiary/aromatic N) is 4. The molecule has 0 saturated carbocycles. The molecule has 1 N–H and O–H groups in total. The summed E-state index contributed by atoms with van der Waals surface area (Å²) in [5.41, 5.74) is 2.27. The molecule has 11 heteroatoms. The lowest BCUT2D eigenvalue weighted by atomic mass is 10.2. The number of hydrogen-bond donors (Lipinski definition) is 1. The predicted octanol–water partition coefficient (Wildman–Crippen LogP) is 5.61. The van der Waals surface area contributed by atoms with Crippen LogP contribution in [0.2, 0.25) is 0 Å². The van der Waals surface area contributed by atoms with Gasteiger partial charge in [-0.25, -0.2) is 9.18 Å². The maximum atomic E-state index is 13.4. The molecule has 37 heavy (non-hydrogen) atoms. The molecule has 1 amide bonds. The van der Waals surface area contributed by atoms with Crippen molar-refractivity contribution in [3.8, 4) is 23.1 Å². The lowest BCUT2D eigenvalue weighted by molar-refractivity contribution is -0.115. The number of nitrogens with one attached hydrogen (secondary N) is 1. The van der Waals surface area contributed by atoms with Crippen LogP contribution in [0.1, 0.15) is 34.1 Å². The van der Waals surface area contributed by atoms with E-state index in [0.29, 0.717) is 37.7 Å². The Balaban J connectivity index is 1.48. The molecule has 0 spiro atoms. The molecule has 4 aromatic rings. The number of nitriles is 1. The first-order valence-corrected chi connectivity index (χ1v) is 13.1. The molecule has 2 aromatic heterocycles. The fourth-order valence-electron chi connectivity index (χ4n) is 3.51. The van der Waals surface area contributed by atoms with Crippen molar-refractivity contribution in [1.82, 2.24) is 14.8 Å². The molecule has 0 radical (unpaired) electrons. The Morgan fingerprint density at radius 3 is 2.57 bits per heavy atom. The Bertz CT molecular complexity index is 1460. The SMILES string of the molecule is CCOC(=O)c1sc(NC(=O)CCSc2nnc(-c3ccc(F)cc3)n2-c2ccccc2)c(C#N)c1C. The van der Waals surface area contributed by atoms with Gasteiger partial charge < -0.3 is 10.1 Å². The van der Waals surface area contributed by atoms with E-state index in [-0.39, 0.29) is 30.3 Å². The molecule has 2 heterocycles. The van der Waals surface area contributed by atoms with Gasteiger partial charge in [0.25, 0.3) is 0 Å². The Morgan fingerprint density at radius 2 is 1.89 bits per heavy atom. The molecule has 0 bridgehead atoms. The van der Waals surface area contributed by atoms with Crippen LogP contribution in [-0.2, 0) is 9.53 Å². The first-order valence-electron chi connectivity index (χ1n) is 11.3. The van der Waals surface area contributed by atoms with Crippen molar-refractivity contribution in [2.45, 2.75) is 25.4 Å². The van der Waals surface area contributed by atoms with Crippen molar-refractivity contribution < 1.29 is 18.7 Å². The molecule has 0 aliphatic carbocycles. The highest BCUT2D eigenvalue weighted by Crippen LogP contribution is 2.33. The third kappa shape index (κ3) is 5.87. The van der Waals surface area contributed by atoms with Gasteiger partial charge in [-0.05, 0) is 55.8 Å². The molecule has 0 fully saturated rings. The number of amides is 1. The van der Waals surface area contributed by atoms with Crippen molar-refractivity contribution in [3.05, 3.63) is 76.4 Å². The van der Waals surface area contributed by atoms with Crippen LogP contribution in [0, 0.1) is 24.1 Å². The van der Waals surface area contributed by atoms with E-state index >= 15 is 0 Å². The zero-order valence-corrected chi connectivity index (χ0v) is 21.7. The van der Waals surface area contributed by atoms with E-state index in [1.54, 1.807) is 26.0 Å². The number of ether oxygens (including phenoxy) is 1. The molecule has 0 atom stereocenters. The van der Waals surface area contributed by atoms with Gasteiger partial charge in [0, 0.05) is 23.4 Å². The normalized spacial score (nSPS) is 10.6. The minimum absolute atomic E-state index is 0.134. The van der Waals surface area contributed by atoms with Crippen LogP contribution >= 0.6 is 23.1 Å². The van der Waals surface area contributed by atoms with E-state index in [1.165, 1.54) is 23.9 Å². The van der Waals surface area contributed by atoms with Gasteiger partial charge in [-0.1, -0.05) is 30.0 Å². The lowest BCUT2D eigenvalue weighted by Gasteiger charge is -2.10. The summed E-state index contributed by atoms with van der Waals surface area (Å²) in [6.07, 6.45) is 0.134. The van der Waals surface area contributed by atoms with Crippen molar-refractivity contribution in [2.24, 2.45) is 0 Å². The molecular formula is C26H22FN5O3S2. The van der Waals surface area contributed by atoms with Crippen molar-refractivity contribution >= 4 is 40.0 Å². The monoisotopic (exact) mass is 535 g/mol. The molecule has 188 valence electrons. The molecule has 8 nitrogen and oxygen atoms in total. The number of halogens is 1. The van der Waals surface area contributed by atoms with E-state index in [1.807, 2.05) is 34.9 Å². The number of esters is 1. The van der Waals surface area contributed by atoms with Gasteiger partial charge in [-0.2, -0.15) is 5.26 Å². The van der Waals surface area contributed by atoms with Gasteiger partial charge in [0.15, 0.2) is 11.0 Å². The number of carbonyl (C=O) groups excluding carboxylic acids is 2. The number of anilines is 1. The number of thiophene rings is 1. The zero-order chi connectivity index (χ0) is 26.4. The fourth-order valence-corrected chi connectivity index (χ4v) is 5.47. The van der Waals surface area contributed by atoms with Crippen LogP contribution in [0.15, 0.2) is 59.8 Å². The Hall–Kier alpha value is -4.01. The fraction of sp³-hybridized carbons (Fsp3) is 0.192. The summed E-state index contributed by atoms with van der Waals surface area (Å²) in [5.74, 6) is -0.223. The summed E-state index contributed by atoms with van der Waals surface area (Å²) in [7, 11) is 0. The van der Waals surface area contributed by atoms with Gasteiger partial charge in [-0.3, -0.25) is 9.36 Å². The second-order valence-electron chi connectivity index (χ2n) is 7.72. The third-order valence-corrected chi connectivity index (χ3v) is 7.40. The predicted molar refractivity (Wildman–Crippen MR) is 140 cm³/mol. The largest absolute Gasteiger partial charge is 0.462 e. The van der Waals surface area contributed by atoms with Gasteiger partial charge in [0.1, 0.15) is 21.8 Å². The number of hydrogen-bond acceptors (Lipinski definition) is 8. The van der Waals surface area contributed by atoms with Gasteiger partial charge in [-0.15, -0.1) is 21.5 Å². The Morgan fingerprint density at radius 1 is 1.16 bits per heavy atom. The van der Waals surface area contributed by atoms with E-state index in [4.69, 9.17) is 4.74 Å². The minimum Gasteiger partial charge on any atom is -0.462 e. The first kappa shape index (κ1) is 26.1. The molecular weight excluding hydrogens is 513 g/mol. The van der Waals surface area contributed by atoms with E-state index in [0.717, 1.165) is 17.0 Å². The Kier molecular flexibility index (Phi) is 8.32. The summed E-state index contributed by atoms with van der Waals surface area (Å²) in [4.78, 5) is 25.1. The standard InChI is InChI=1S/C26H22FN5O3S2/c1-3-35-25(34)22-16(2)20(15-28)24(37-22)29-21(33)13-14-36-26-31-30-23(17-9-11-18(27)12-10-17)32(26)19-7-5-4-6-8-19/h4-12H,3,13-14H2,1-2H3,(H,29,33). The van der Waals surface area contributed by atoms with Crippen molar-refractivity contribution in [2.75, 3.05) is 17.7 Å². The van der Waals surface area contributed by atoms with Crippen molar-refractivity contribution in [1.29, 1.82) is 5.26 Å². The second kappa shape index (κ2) is 11.8. The van der Waals surface area contributed by atoms with E-state index in [2.05, 4.69) is 21.6 Å². The molecule has 0 aliphatic rings. The number of para-hydroxylation sites is 1. The number of benzene rings is 2. The molecule has 4 rings (SSSR count). The van der Waals surface area contributed by atoms with Crippen LogP contribution in [0.25, 0.3) is 17.1 Å². The quantitative estimate of drug-likeness (QED) is 0.219.